The maximum atomic E-state index is 12.0. The molecule has 0 aliphatic rings. The summed E-state index contributed by atoms with van der Waals surface area (Å²) in [6.07, 6.45) is 1.22. The molecule has 0 amide bonds. The first-order valence-electron chi connectivity index (χ1n) is 6.26. The number of nitrogens with two attached hydrogens (primary N) is 1. The van der Waals surface area contributed by atoms with Crippen LogP contribution in [0.3, 0.4) is 0 Å². The molecule has 0 aliphatic carbocycles. The molecule has 94 valence electrons. The van der Waals surface area contributed by atoms with Crippen molar-refractivity contribution < 1.29 is 4.79 Å². The molecule has 0 spiro atoms. The van der Waals surface area contributed by atoms with E-state index in [-0.39, 0.29) is 11.8 Å². The molecule has 1 aromatic heterocycles. The van der Waals surface area contributed by atoms with Crippen molar-refractivity contribution in [2.24, 2.45) is 5.73 Å². The lowest BCUT2D eigenvalue weighted by Gasteiger charge is -2.08. The third-order valence-corrected chi connectivity index (χ3v) is 3.12. The van der Waals surface area contributed by atoms with Crippen LogP contribution in [-0.2, 0) is 0 Å². The van der Waals surface area contributed by atoms with E-state index in [9.17, 15) is 4.79 Å². The smallest absolute Gasteiger partial charge is 0.164 e. The van der Waals surface area contributed by atoms with Gasteiger partial charge in [-0.05, 0) is 37.6 Å². The molecule has 0 radical (unpaired) electrons. The first-order valence-corrected chi connectivity index (χ1v) is 6.26. The highest BCUT2D eigenvalue weighted by atomic mass is 16.1. The van der Waals surface area contributed by atoms with Gasteiger partial charge in [0.1, 0.15) is 0 Å². The quantitative estimate of drug-likeness (QED) is 0.839. The predicted molar refractivity (Wildman–Crippen MR) is 73.7 cm³/mol. The van der Waals surface area contributed by atoms with E-state index in [0.717, 1.165) is 28.6 Å². The zero-order chi connectivity index (χ0) is 13.1. The van der Waals surface area contributed by atoms with E-state index in [0.29, 0.717) is 6.42 Å². The Morgan fingerprint density at radius 1 is 1.33 bits per heavy atom. The Bertz CT molecular complexity index is 578. The van der Waals surface area contributed by atoms with Crippen LogP contribution in [0.2, 0.25) is 0 Å². The van der Waals surface area contributed by atoms with Crippen LogP contribution in [-0.4, -0.2) is 16.8 Å². The predicted octanol–water partition coefficient (Wildman–Crippen LogP) is 2.85. The van der Waals surface area contributed by atoms with Crippen LogP contribution in [0.5, 0.6) is 0 Å². The van der Waals surface area contributed by atoms with Crippen molar-refractivity contribution in [2.45, 2.75) is 32.7 Å². The van der Waals surface area contributed by atoms with Gasteiger partial charge in [0.2, 0.25) is 0 Å². The number of Topliss-reactive ketones (excluding diaryl/α,β-unsaturated/α-hetero) is 1. The molecule has 2 aromatic rings. The number of hydrogen-bond acceptors (Lipinski definition) is 3. The first-order chi connectivity index (χ1) is 8.60. The van der Waals surface area contributed by atoms with E-state index in [1.807, 2.05) is 44.2 Å². The van der Waals surface area contributed by atoms with Crippen molar-refractivity contribution in [3.8, 4) is 0 Å². The summed E-state index contributed by atoms with van der Waals surface area (Å²) in [5.41, 5.74) is 8.43. The largest absolute Gasteiger partial charge is 0.327 e. The average molecular weight is 242 g/mol. The number of rotatable bonds is 4. The lowest BCUT2D eigenvalue weighted by Crippen LogP contribution is -2.22. The second-order valence-electron chi connectivity index (χ2n) is 4.66. The number of pyridine rings is 1. The zero-order valence-corrected chi connectivity index (χ0v) is 10.8. The number of fused-ring (bicyclic) bond motifs is 1. The molecule has 3 nitrogen and oxygen atoms in total. The molecule has 2 N–H and O–H groups in total. The van der Waals surface area contributed by atoms with Crippen LogP contribution in [0.25, 0.3) is 10.9 Å². The molecule has 0 saturated heterocycles. The number of carbonyl (C=O) groups is 1. The number of aryl methyl sites for hydroxylation is 1. The number of nitrogens with zero attached hydrogens (tertiary/aromatic N) is 1. The number of ketones is 1. The van der Waals surface area contributed by atoms with Gasteiger partial charge in [-0.2, -0.15) is 0 Å². The van der Waals surface area contributed by atoms with Crippen molar-refractivity contribution in [1.29, 1.82) is 0 Å². The van der Waals surface area contributed by atoms with Gasteiger partial charge in [0.15, 0.2) is 5.78 Å². The Hall–Kier alpha value is -1.74. The second kappa shape index (κ2) is 5.27. The molecule has 3 heteroatoms. The molecule has 0 bridgehead atoms. The van der Waals surface area contributed by atoms with Crippen molar-refractivity contribution in [3.63, 3.8) is 0 Å². The van der Waals surface area contributed by atoms with Gasteiger partial charge < -0.3 is 5.73 Å². The summed E-state index contributed by atoms with van der Waals surface area (Å²) in [4.78, 5) is 16.4. The highest BCUT2D eigenvalue weighted by Crippen LogP contribution is 2.16. The molecule has 1 unspecified atom stereocenters. The van der Waals surface area contributed by atoms with Crippen molar-refractivity contribution >= 4 is 16.7 Å². The third kappa shape index (κ3) is 2.74. The van der Waals surface area contributed by atoms with Gasteiger partial charge in [0.05, 0.1) is 5.52 Å². The summed E-state index contributed by atoms with van der Waals surface area (Å²) < 4.78 is 0. The first kappa shape index (κ1) is 12.7. The molecular weight excluding hydrogens is 224 g/mol. The fourth-order valence-corrected chi connectivity index (χ4v) is 1.90. The lowest BCUT2D eigenvalue weighted by molar-refractivity contribution is 0.0974. The van der Waals surface area contributed by atoms with Crippen molar-refractivity contribution in [3.05, 3.63) is 41.6 Å². The Morgan fingerprint density at radius 2 is 2.11 bits per heavy atom. The minimum absolute atomic E-state index is 0.0515. The number of aromatic nitrogens is 1. The van der Waals surface area contributed by atoms with Crippen LogP contribution >= 0.6 is 0 Å². The molecular formula is C15H18N2O. The summed E-state index contributed by atoms with van der Waals surface area (Å²) in [6, 6.07) is 9.52. The van der Waals surface area contributed by atoms with E-state index >= 15 is 0 Å². The Balaban J connectivity index is 2.30. The average Bonchev–Trinajstić information content (AvgIpc) is 2.37. The number of hydrogen-bond donors (Lipinski definition) is 1. The molecule has 1 heterocycles. The lowest BCUT2D eigenvalue weighted by atomic mass is 10.0. The van der Waals surface area contributed by atoms with Gasteiger partial charge in [-0.3, -0.25) is 9.78 Å². The SMILES string of the molecule is CCC(N)CC(=O)c1ccc2nc(C)ccc2c1. The normalized spacial score (nSPS) is 12.6. The van der Waals surface area contributed by atoms with Gasteiger partial charge >= 0.3 is 0 Å². The molecule has 1 atom stereocenters. The number of benzene rings is 1. The molecule has 2 rings (SSSR count). The zero-order valence-electron chi connectivity index (χ0n) is 10.8. The summed E-state index contributed by atoms with van der Waals surface area (Å²) in [7, 11) is 0. The highest BCUT2D eigenvalue weighted by Gasteiger charge is 2.10. The maximum Gasteiger partial charge on any atom is 0.164 e. The minimum atomic E-state index is -0.0515. The molecule has 0 fully saturated rings. The van der Waals surface area contributed by atoms with Gasteiger partial charge in [-0.25, -0.2) is 0 Å². The summed E-state index contributed by atoms with van der Waals surface area (Å²) in [6.45, 7) is 3.95. The Labute approximate surface area is 107 Å². The standard InChI is InChI=1S/C15H18N2O/c1-3-13(16)9-15(18)12-6-7-14-11(8-12)5-4-10(2)17-14/h4-8,13H,3,9,16H2,1-2H3. The second-order valence-corrected chi connectivity index (χ2v) is 4.66. The molecule has 0 saturated carbocycles. The number of carbonyl (C=O) groups excluding carboxylic acids is 1. The maximum absolute atomic E-state index is 12.0. The molecule has 18 heavy (non-hydrogen) atoms. The van der Waals surface area contributed by atoms with Gasteiger partial charge in [0.25, 0.3) is 0 Å². The van der Waals surface area contributed by atoms with Gasteiger partial charge in [-0.1, -0.05) is 13.0 Å². The van der Waals surface area contributed by atoms with Crippen LogP contribution in [0.15, 0.2) is 30.3 Å². The highest BCUT2D eigenvalue weighted by molar-refractivity contribution is 5.99. The van der Waals surface area contributed by atoms with Crippen LogP contribution in [0.4, 0.5) is 0 Å². The monoisotopic (exact) mass is 242 g/mol. The summed E-state index contributed by atoms with van der Waals surface area (Å²) in [5.74, 6) is 0.104. The van der Waals surface area contributed by atoms with Crippen LogP contribution < -0.4 is 5.73 Å². The van der Waals surface area contributed by atoms with E-state index in [2.05, 4.69) is 4.98 Å². The fraction of sp³-hybridized carbons (Fsp3) is 0.333. The topological polar surface area (TPSA) is 56.0 Å². The van der Waals surface area contributed by atoms with E-state index in [1.165, 1.54) is 0 Å². The van der Waals surface area contributed by atoms with Gasteiger partial charge in [0, 0.05) is 29.1 Å². The van der Waals surface area contributed by atoms with Crippen molar-refractivity contribution in [2.75, 3.05) is 0 Å². The summed E-state index contributed by atoms with van der Waals surface area (Å²) in [5, 5.41) is 0.997. The van der Waals surface area contributed by atoms with E-state index in [4.69, 9.17) is 5.73 Å². The fourth-order valence-electron chi connectivity index (χ4n) is 1.90. The molecule has 0 aliphatic heterocycles. The van der Waals surface area contributed by atoms with Crippen LogP contribution in [0, 0.1) is 6.92 Å². The van der Waals surface area contributed by atoms with Gasteiger partial charge in [-0.15, -0.1) is 0 Å². The Morgan fingerprint density at radius 3 is 2.83 bits per heavy atom. The van der Waals surface area contributed by atoms with Crippen LogP contribution in [0.1, 0.15) is 35.8 Å². The third-order valence-electron chi connectivity index (χ3n) is 3.12. The van der Waals surface area contributed by atoms with E-state index in [1.54, 1.807) is 0 Å². The Kier molecular flexibility index (Phi) is 3.72. The minimum Gasteiger partial charge on any atom is -0.327 e. The van der Waals surface area contributed by atoms with Crippen molar-refractivity contribution in [1.82, 2.24) is 4.98 Å². The van der Waals surface area contributed by atoms with E-state index < -0.39 is 0 Å². The molecule has 1 aromatic carbocycles. The summed E-state index contributed by atoms with van der Waals surface area (Å²) >= 11 is 0.